The predicted molar refractivity (Wildman–Crippen MR) is 93.7 cm³/mol. The maximum absolute atomic E-state index is 12.7. The monoisotopic (exact) mass is 374 g/mol. The lowest BCUT2D eigenvalue weighted by Crippen LogP contribution is -2.47. The van der Waals surface area contributed by atoms with Crippen LogP contribution in [0.25, 0.3) is 0 Å². The highest BCUT2D eigenvalue weighted by Gasteiger charge is 2.44. The van der Waals surface area contributed by atoms with Crippen LogP contribution in [-0.2, 0) is 24.3 Å². The normalized spacial score (nSPS) is 31.6. The van der Waals surface area contributed by atoms with Gasteiger partial charge in [0.15, 0.2) is 0 Å². The minimum absolute atomic E-state index is 0.164. The highest BCUT2D eigenvalue weighted by molar-refractivity contribution is 7.88. The average molecular weight is 375 g/mol. The van der Waals surface area contributed by atoms with Gasteiger partial charge < -0.3 is 14.4 Å². The first kappa shape index (κ1) is 19.1. The molecule has 0 aromatic heterocycles. The number of nitrogens with one attached hydrogen (secondary N) is 1. The summed E-state index contributed by atoms with van der Waals surface area (Å²) in [5.74, 6) is 0.738. The Bertz CT molecular complexity index is 576. The smallest absolute Gasteiger partial charge is 0.223 e. The van der Waals surface area contributed by atoms with E-state index in [1.165, 1.54) is 12.8 Å². The second kappa shape index (κ2) is 7.90. The van der Waals surface area contributed by atoms with Gasteiger partial charge in [-0.1, -0.05) is 12.8 Å². The predicted octanol–water partition coefficient (Wildman–Crippen LogP) is 0.893. The summed E-state index contributed by atoms with van der Waals surface area (Å²) in [6.07, 6.45) is 7.99. The van der Waals surface area contributed by atoms with Gasteiger partial charge in [0, 0.05) is 19.5 Å². The highest BCUT2D eigenvalue weighted by atomic mass is 32.2. The first-order valence-corrected chi connectivity index (χ1v) is 11.2. The third-order valence-electron chi connectivity index (χ3n) is 5.55. The van der Waals surface area contributed by atoms with Gasteiger partial charge in [0.2, 0.25) is 15.9 Å². The number of carbonyl (C=O) groups excluding carboxylic acids is 1. The molecule has 1 amide bonds. The van der Waals surface area contributed by atoms with Gasteiger partial charge in [0.05, 0.1) is 32.1 Å². The van der Waals surface area contributed by atoms with Gasteiger partial charge in [0.25, 0.3) is 0 Å². The van der Waals surface area contributed by atoms with Crippen molar-refractivity contribution in [2.45, 2.75) is 56.7 Å². The van der Waals surface area contributed by atoms with Crippen LogP contribution in [0.5, 0.6) is 0 Å². The zero-order valence-corrected chi connectivity index (χ0v) is 15.9. The van der Waals surface area contributed by atoms with Crippen LogP contribution in [0.15, 0.2) is 0 Å². The maximum atomic E-state index is 12.7. The van der Waals surface area contributed by atoms with Crippen LogP contribution < -0.4 is 4.72 Å². The molecule has 1 aliphatic carbocycles. The summed E-state index contributed by atoms with van der Waals surface area (Å²) < 4.78 is 36.9. The first-order valence-electron chi connectivity index (χ1n) is 9.33. The Balaban J connectivity index is 1.56. The Morgan fingerprint density at radius 1 is 1.28 bits per heavy atom. The molecule has 0 aromatic carbocycles. The van der Waals surface area contributed by atoms with E-state index in [2.05, 4.69) is 4.72 Å². The molecule has 3 rings (SSSR count). The van der Waals surface area contributed by atoms with Gasteiger partial charge >= 0.3 is 0 Å². The molecule has 7 nitrogen and oxygen atoms in total. The van der Waals surface area contributed by atoms with E-state index in [9.17, 15) is 13.2 Å². The van der Waals surface area contributed by atoms with E-state index in [1.54, 1.807) is 0 Å². The Kier molecular flexibility index (Phi) is 6.03. The van der Waals surface area contributed by atoms with E-state index in [4.69, 9.17) is 9.47 Å². The molecule has 25 heavy (non-hydrogen) atoms. The third-order valence-corrected chi connectivity index (χ3v) is 6.24. The number of amides is 1. The van der Waals surface area contributed by atoms with Crippen molar-refractivity contribution in [2.24, 2.45) is 5.92 Å². The fourth-order valence-corrected chi connectivity index (χ4v) is 4.70. The average Bonchev–Trinajstić information content (AvgIpc) is 3.12. The van der Waals surface area contributed by atoms with Gasteiger partial charge in [-0.05, 0) is 31.6 Å². The summed E-state index contributed by atoms with van der Waals surface area (Å²) in [4.78, 5) is 14.6. The van der Waals surface area contributed by atoms with Crippen molar-refractivity contribution in [1.29, 1.82) is 0 Å². The van der Waals surface area contributed by atoms with Crippen LogP contribution in [0.1, 0.15) is 44.9 Å². The molecule has 1 saturated carbocycles. The lowest BCUT2D eigenvalue weighted by atomic mass is 9.98. The summed E-state index contributed by atoms with van der Waals surface area (Å²) in [5, 5.41) is 0. The summed E-state index contributed by atoms with van der Waals surface area (Å²) in [6.45, 7) is 2.44. The summed E-state index contributed by atoms with van der Waals surface area (Å²) in [6, 6.07) is 0. The number of hydrogen-bond acceptors (Lipinski definition) is 5. The number of sulfonamides is 1. The van der Waals surface area contributed by atoms with E-state index < -0.39 is 15.6 Å². The summed E-state index contributed by atoms with van der Waals surface area (Å²) in [7, 11) is -3.22. The van der Waals surface area contributed by atoms with Crippen molar-refractivity contribution in [3.63, 3.8) is 0 Å². The Morgan fingerprint density at radius 2 is 2.04 bits per heavy atom. The van der Waals surface area contributed by atoms with E-state index in [-0.39, 0.29) is 18.6 Å². The molecule has 8 heteroatoms. The number of carbonyl (C=O) groups is 1. The molecular weight excluding hydrogens is 344 g/mol. The Hall–Kier alpha value is -0.700. The number of rotatable bonds is 5. The molecular formula is C17H30N2O5S. The molecule has 1 spiro atoms. The van der Waals surface area contributed by atoms with Crippen LogP contribution in [0.3, 0.4) is 0 Å². The number of nitrogens with zero attached hydrogens (tertiary/aromatic N) is 1. The van der Waals surface area contributed by atoms with Gasteiger partial charge in [0.1, 0.15) is 5.60 Å². The molecule has 0 unspecified atom stereocenters. The van der Waals surface area contributed by atoms with Gasteiger partial charge in [-0.25, -0.2) is 13.1 Å². The van der Waals surface area contributed by atoms with Crippen molar-refractivity contribution >= 4 is 15.9 Å². The second-order valence-electron chi connectivity index (χ2n) is 7.80. The highest BCUT2D eigenvalue weighted by Crippen LogP contribution is 2.34. The Morgan fingerprint density at radius 3 is 2.76 bits per heavy atom. The maximum Gasteiger partial charge on any atom is 0.223 e. The van der Waals surface area contributed by atoms with Crippen molar-refractivity contribution in [3.05, 3.63) is 0 Å². The summed E-state index contributed by atoms with van der Waals surface area (Å²) >= 11 is 0. The van der Waals surface area contributed by atoms with E-state index in [0.29, 0.717) is 38.6 Å². The van der Waals surface area contributed by atoms with Gasteiger partial charge in [-0.3, -0.25) is 4.79 Å². The van der Waals surface area contributed by atoms with Gasteiger partial charge in [-0.15, -0.1) is 0 Å². The standard InChI is InChI=1S/C17H30N2O5S/c1-25(21,22)18-11-15-6-7-17(24-15)12-19(8-9-23-13-17)16(20)10-14-4-2-3-5-14/h14-15,18H,2-13H2,1H3/t15-,17+/m0/s1. The van der Waals surface area contributed by atoms with E-state index >= 15 is 0 Å². The molecule has 3 aliphatic rings. The first-order chi connectivity index (χ1) is 11.9. The number of hydrogen-bond donors (Lipinski definition) is 1. The van der Waals surface area contributed by atoms with Crippen molar-refractivity contribution in [2.75, 3.05) is 39.1 Å². The topological polar surface area (TPSA) is 84.9 Å². The molecule has 0 aromatic rings. The van der Waals surface area contributed by atoms with Crippen molar-refractivity contribution in [3.8, 4) is 0 Å². The van der Waals surface area contributed by atoms with E-state index in [0.717, 1.165) is 31.9 Å². The molecule has 144 valence electrons. The minimum atomic E-state index is -3.22. The van der Waals surface area contributed by atoms with Crippen molar-refractivity contribution < 1.29 is 22.7 Å². The molecule has 2 saturated heterocycles. The molecule has 2 aliphatic heterocycles. The number of ether oxygens (including phenoxy) is 2. The lowest BCUT2D eigenvalue weighted by molar-refractivity contribution is -0.136. The molecule has 1 N–H and O–H groups in total. The molecule has 0 radical (unpaired) electrons. The SMILES string of the molecule is CS(=O)(=O)NC[C@@H]1CC[C@@]2(COCCN(C(=O)CC3CCCC3)C2)O1. The molecule has 3 fully saturated rings. The Labute approximate surface area is 150 Å². The second-order valence-corrected chi connectivity index (χ2v) is 9.64. The molecule has 2 atom stereocenters. The van der Waals surface area contributed by atoms with Crippen LogP contribution in [0.2, 0.25) is 0 Å². The quantitative estimate of drug-likeness (QED) is 0.773. The fourth-order valence-electron chi connectivity index (χ4n) is 4.21. The fraction of sp³-hybridized carbons (Fsp3) is 0.941. The van der Waals surface area contributed by atoms with Crippen LogP contribution in [-0.4, -0.2) is 70.0 Å². The van der Waals surface area contributed by atoms with Gasteiger partial charge in [-0.2, -0.15) is 0 Å². The zero-order chi connectivity index (χ0) is 17.9. The van der Waals surface area contributed by atoms with Crippen LogP contribution in [0, 0.1) is 5.92 Å². The lowest BCUT2D eigenvalue weighted by Gasteiger charge is -2.32. The third kappa shape index (κ3) is 5.39. The van der Waals surface area contributed by atoms with Crippen LogP contribution >= 0.6 is 0 Å². The summed E-state index contributed by atoms with van der Waals surface area (Å²) in [5.41, 5.74) is -0.494. The largest absolute Gasteiger partial charge is 0.377 e. The minimum Gasteiger partial charge on any atom is -0.377 e. The van der Waals surface area contributed by atoms with E-state index in [1.807, 2.05) is 4.90 Å². The van der Waals surface area contributed by atoms with Crippen LogP contribution in [0.4, 0.5) is 0 Å². The zero-order valence-electron chi connectivity index (χ0n) is 15.0. The molecule has 0 bridgehead atoms. The van der Waals surface area contributed by atoms with Crippen molar-refractivity contribution in [1.82, 2.24) is 9.62 Å². The molecule has 2 heterocycles.